The van der Waals surface area contributed by atoms with Gasteiger partial charge in [-0.2, -0.15) is 0 Å². The first-order valence-electron chi connectivity index (χ1n) is 9.44. The minimum atomic E-state index is -0.394. The Kier molecular flexibility index (Phi) is 6.19. The summed E-state index contributed by atoms with van der Waals surface area (Å²) in [5.41, 5.74) is 6.17. The Labute approximate surface area is 160 Å². The zero-order valence-corrected chi connectivity index (χ0v) is 15.8. The minimum absolute atomic E-state index is 0.0392. The highest BCUT2D eigenvalue weighted by molar-refractivity contribution is 5.89. The number of amides is 2. The zero-order valence-electron chi connectivity index (χ0n) is 15.8. The van der Waals surface area contributed by atoms with Crippen LogP contribution in [0.15, 0.2) is 54.9 Å². The van der Waals surface area contributed by atoms with E-state index in [-0.39, 0.29) is 17.9 Å². The van der Waals surface area contributed by atoms with Gasteiger partial charge in [0, 0.05) is 31.1 Å². The number of benzene rings is 1. The van der Waals surface area contributed by atoms with Gasteiger partial charge in [0.2, 0.25) is 5.91 Å². The second kappa shape index (κ2) is 8.77. The van der Waals surface area contributed by atoms with Crippen molar-refractivity contribution in [3.05, 3.63) is 66.0 Å². The molecule has 6 heteroatoms. The average Bonchev–Trinajstić information content (AvgIpc) is 3.16. The molecule has 0 saturated carbocycles. The summed E-state index contributed by atoms with van der Waals surface area (Å²) in [6.07, 6.45) is 6.07. The third kappa shape index (κ3) is 4.92. The van der Waals surface area contributed by atoms with Crippen LogP contribution in [0.5, 0.6) is 0 Å². The van der Waals surface area contributed by atoms with E-state index in [9.17, 15) is 9.59 Å². The van der Waals surface area contributed by atoms with Crippen molar-refractivity contribution < 1.29 is 19.9 Å². The maximum atomic E-state index is 12.9. The molecule has 0 bridgehead atoms. The second-order valence-electron chi connectivity index (χ2n) is 7.17. The van der Waals surface area contributed by atoms with Gasteiger partial charge in [-0.3, -0.25) is 9.59 Å². The normalized spacial score (nSPS) is 17.6. The largest absolute Gasteiger partial charge is 0.350 e. The molecule has 2 amide bonds. The predicted molar refractivity (Wildman–Crippen MR) is 101 cm³/mol. The lowest BCUT2D eigenvalue weighted by Gasteiger charge is -2.25. The third-order valence-corrected chi connectivity index (χ3v) is 4.98. The van der Waals surface area contributed by atoms with E-state index in [1.807, 2.05) is 66.5 Å². The number of quaternary nitrogens is 1. The number of carbonyl (C=O) groups is 2. The molecule has 1 aromatic carbocycles. The molecule has 0 spiro atoms. The molecule has 27 heavy (non-hydrogen) atoms. The molecule has 1 aliphatic heterocycles. The fourth-order valence-corrected chi connectivity index (χ4v) is 3.59. The van der Waals surface area contributed by atoms with Gasteiger partial charge in [-0.05, 0) is 24.5 Å². The topological polar surface area (TPSA) is 80.9 Å². The second-order valence-corrected chi connectivity index (χ2v) is 7.17. The summed E-state index contributed by atoms with van der Waals surface area (Å²) >= 11 is 0. The van der Waals surface area contributed by atoms with Gasteiger partial charge in [0.1, 0.15) is 13.1 Å². The van der Waals surface area contributed by atoms with Gasteiger partial charge < -0.3 is 16.0 Å². The van der Waals surface area contributed by atoms with Crippen LogP contribution in [0, 0.1) is 0 Å². The van der Waals surface area contributed by atoms with Crippen molar-refractivity contribution in [1.82, 2.24) is 10.2 Å². The first-order valence-corrected chi connectivity index (χ1v) is 9.44. The summed E-state index contributed by atoms with van der Waals surface area (Å²) in [6, 6.07) is 13.0. The Morgan fingerprint density at radius 3 is 2.70 bits per heavy atom. The Hall–Kier alpha value is -2.73. The number of aryl methyl sites for hydroxylation is 1. The lowest BCUT2D eigenvalue weighted by atomic mass is 10.1. The highest BCUT2D eigenvalue weighted by Gasteiger charge is 2.37. The van der Waals surface area contributed by atoms with Crippen molar-refractivity contribution in [3.63, 3.8) is 0 Å². The molecule has 1 fully saturated rings. The Morgan fingerprint density at radius 2 is 1.96 bits per heavy atom. The summed E-state index contributed by atoms with van der Waals surface area (Å²) in [5, 5.41) is 2.98. The highest BCUT2D eigenvalue weighted by Crippen LogP contribution is 2.19. The number of nitrogens with one attached hydrogen (secondary N) is 1. The van der Waals surface area contributed by atoms with Gasteiger partial charge in [0.25, 0.3) is 5.91 Å². The van der Waals surface area contributed by atoms with Crippen LogP contribution in [0.4, 0.5) is 0 Å². The molecule has 4 N–H and O–H groups in total. The van der Waals surface area contributed by atoms with E-state index in [2.05, 4.69) is 11.1 Å². The van der Waals surface area contributed by atoms with Gasteiger partial charge in [-0.1, -0.05) is 30.3 Å². The van der Waals surface area contributed by atoms with Crippen LogP contribution in [-0.4, -0.2) is 35.3 Å². The molecule has 2 heterocycles. The van der Waals surface area contributed by atoms with E-state index in [1.165, 1.54) is 0 Å². The Bertz CT molecular complexity index is 794. The van der Waals surface area contributed by atoms with Crippen LogP contribution in [0.3, 0.4) is 0 Å². The molecular weight excluding hydrogens is 340 g/mol. The van der Waals surface area contributed by atoms with Crippen LogP contribution in [0.1, 0.15) is 24.0 Å². The standard InChI is InChI=1S/C21H26N4O2/c1-24-11-5-9-17(15-24)14-23-20(26)19-10-6-12-25(19)21(27)18(22)13-16-7-3-2-4-8-16/h2-5,7-9,11,15,18-19H,6,10,12-14,22H2,1H3/p+2/t18-,19+/m1/s1. The van der Waals surface area contributed by atoms with E-state index in [0.717, 1.165) is 17.5 Å². The SMILES string of the molecule is C[n+]1cccc(CNC(=O)[C@@H]2CCCN2C(=O)[C@H]([NH3+])Cc2ccccc2)c1. The molecular formula is C21H28N4O2+2. The van der Waals surface area contributed by atoms with Crippen molar-refractivity contribution in [2.75, 3.05) is 6.54 Å². The quantitative estimate of drug-likeness (QED) is 0.702. The van der Waals surface area contributed by atoms with Crippen LogP contribution < -0.4 is 15.6 Å². The van der Waals surface area contributed by atoms with Gasteiger partial charge in [-0.15, -0.1) is 0 Å². The summed E-state index contributed by atoms with van der Waals surface area (Å²) in [6.45, 7) is 1.09. The average molecular weight is 368 g/mol. The van der Waals surface area contributed by atoms with E-state index in [1.54, 1.807) is 4.90 Å². The zero-order chi connectivity index (χ0) is 19.2. The van der Waals surface area contributed by atoms with Crippen molar-refractivity contribution >= 4 is 11.8 Å². The minimum Gasteiger partial charge on any atom is -0.350 e. The molecule has 0 radical (unpaired) electrons. The monoisotopic (exact) mass is 368 g/mol. The predicted octanol–water partition coefficient (Wildman–Crippen LogP) is -0.0285. The van der Waals surface area contributed by atoms with Crippen molar-refractivity contribution in [3.8, 4) is 0 Å². The smallest absolute Gasteiger partial charge is 0.281 e. The highest BCUT2D eigenvalue weighted by atomic mass is 16.2. The van der Waals surface area contributed by atoms with Crippen molar-refractivity contribution in [2.24, 2.45) is 7.05 Å². The maximum absolute atomic E-state index is 12.9. The van der Waals surface area contributed by atoms with Gasteiger partial charge in [0.05, 0.1) is 0 Å². The van der Waals surface area contributed by atoms with Crippen LogP contribution >= 0.6 is 0 Å². The van der Waals surface area contributed by atoms with E-state index < -0.39 is 6.04 Å². The number of likely N-dealkylation sites (tertiary alicyclic amines) is 1. The molecule has 0 aliphatic carbocycles. The van der Waals surface area contributed by atoms with Crippen LogP contribution in [-0.2, 0) is 29.6 Å². The molecule has 1 aromatic heterocycles. The third-order valence-electron chi connectivity index (χ3n) is 4.98. The molecule has 142 valence electrons. The molecule has 3 rings (SSSR count). The molecule has 2 atom stereocenters. The Balaban J connectivity index is 1.58. The Morgan fingerprint density at radius 1 is 1.22 bits per heavy atom. The molecule has 6 nitrogen and oxygen atoms in total. The van der Waals surface area contributed by atoms with Gasteiger partial charge in [0.15, 0.2) is 18.4 Å². The number of carbonyl (C=O) groups excluding carboxylic acids is 2. The van der Waals surface area contributed by atoms with Gasteiger partial charge in [-0.25, -0.2) is 4.57 Å². The summed E-state index contributed by atoms with van der Waals surface area (Å²) in [5.74, 6) is -0.123. The van der Waals surface area contributed by atoms with Gasteiger partial charge >= 0.3 is 0 Å². The van der Waals surface area contributed by atoms with Crippen LogP contribution in [0.2, 0.25) is 0 Å². The van der Waals surface area contributed by atoms with E-state index in [4.69, 9.17) is 0 Å². The molecule has 1 saturated heterocycles. The van der Waals surface area contributed by atoms with Crippen LogP contribution in [0.25, 0.3) is 0 Å². The molecule has 2 aromatic rings. The maximum Gasteiger partial charge on any atom is 0.281 e. The fraction of sp³-hybridized carbons (Fsp3) is 0.381. The number of hydrogen-bond donors (Lipinski definition) is 2. The first kappa shape index (κ1) is 19.0. The lowest BCUT2D eigenvalue weighted by Crippen LogP contribution is -2.69. The van der Waals surface area contributed by atoms with E-state index >= 15 is 0 Å². The fourth-order valence-electron chi connectivity index (χ4n) is 3.59. The summed E-state index contributed by atoms with van der Waals surface area (Å²) < 4.78 is 1.95. The number of nitrogens with zero attached hydrogens (tertiary/aromatic N) is 2. The molecule has 0 unspecified atom stereocenters. The summed E-state index contributed by atoms with van der Waals surface area (Å²) in [7, 11) is 1.95. The number of hydrogen-bond acceptors (Lipinski definition) is 2. The van der Waals surface area contributed by atoms with E-state index in [0.29, 0.717) is 25.9 Å². The number of pyridine rings is 1. The first-order chi connectivity index (χ1) is 13.0. The summed E-state index contributed by atoms with van der Waals surface area (Å²) in [4.78, 5) is 27.2. The lowest BCUT2D eigenvalue weighted by molar-refractivity contribution is -0.671. The van der Waals surface area contributed by atoms with Crippen molar-refractivity contribution in [1.29, 1.82) is 0 Å². The van der Waals surface area contributed by atoms with Crippen molar-refractivity contribution in [2.45, 2.75) is 37.9 Å². The number of rotatable bonds is 6. The number of aromatic nitrogens is 1. The molecule has 1 aliphatic rings.